The third kappa shape index (κ3) is 2.61. The number of phenols is 1. The van der Waals surface area contributed by atoms with E-state index >= 15 is 0 Å². The summed E-state index contributed by atoms with van der Waals surface area (Å²) in [5, 5.41) is 9.20. The molecule has 96 valence electrons. The van der Waals surface area contributed by atoms with E-state index in [1.807, 2.05) is 0 Å². The van der Waals surface area contributed by atoms with E-state index in [1.165, 1.54) is 0 Å². The fourth-order valence-electron chi connectivity index (χ4n) is 2.22. The van der Waals surface area contributed by atoms with Crippen molar-refractivity contribution in [3.8, 4) is 5.75 Å². The van der Waals surface area contributed by atoms with Gasteiger partial charge in [0.25, 0.3) is 0 Å². The molecule has 0 aromatic heterocycles. The number of rotatable bonds is 4. The summed E-state index contributed by atoms with van der Waals surface area (Å²) in [6.07, 6.45) is 1.65. The average molecular weight is 248 g/mol. The number of likely N-dealkylation sites (tertiary alicyclic amines) is 1. The molecule has 1 aliphatic rings. The highest BCUT2D eigenvalue weighted by molar-refractivity contribution is 5.87. The average Bonchev–Trinajstić information content (AvgIpc) is 2.74. The summed E-state index contributed by atoms with van der Waals surface area (Å²) in [5.74, 6) is -0.331. The predicted octanol–water partition coefficient (Wildman–Crippen LogP) is 0.411. The first-order valence-corrected chi connectivity index (χ1v) is 5.94. The van der Waals surface area contributed by atoms with Crippen LogP contribution in [0, 0.1) is 0 Å². The SMILES string of the molecule is NC(=O)C(Cc1ccc(O)cc1)N1CCCC1=O. The van der Waals surface area contributed by atoms with Gasteiger partial charge in [-0.05, 0) is 24.1 Å². The van der Waals surface area contributed by atoms with Gasteiger partial charge < -0.3 is 15.7 Å². The quantitative estimate of drug-likeness (QED) is 0.809. The van der Waals surface area contributed by atoms with Crippen molar-refractivity contribution in [3.63, 3.8) is 0 Å². The van der Waals surface area contributed by atoms with Crippen molar-refractivity contribution in [2.75, 3.05) is 6.54 Å². The summed E-state index contributed by atoms with van der Waals surface area (Å²) in [4.78, 5) is 24.7. The highest BCUT2D eigenvalue weighted by Gasteiger charge is 2.31. The topological polar surface area (TPSA) is 83.6 Å². The first-order valence-electron chi connectivity index (χ1n) is 5.94. The van der Waals surface area contributed by atoms with Crippen LogP contribution in [0.2, 0.25) is 0 Å². The molecular weight excluding hydrogens is 232 g/mol. The number of hydrogen-bond donors (Lipinski definition) is 2. The molecule has 18 heavy (non-hydrogen) atoms. The number of phenolic OH excluding ortho intramolecular Hbond substituents is 1. The van der Waals surface area contributed by atoms with Crippen LogP contribution in [-0.2, 0) is 16.0 Å². The monoisotopic (exact) mass is 248 g/mol. The first-order chi connectivity index (χ1) is 8.58. The second-order valence-corrected chi connectivity index (χ2v) is 4.48. The molecule has 1 unspecified atom stereocenters. The number of aromatic hydroxyl groups is 1. The minimum absolute atomic E-state index is 0.0161. The van der Waals surface area contributed by atoms with Crippen LogP contribution in [0.1, 0.15) is 18.4 Å². The van der Waals surface area contributed by atoms with Gasteiger partial charge in [-0.1, -0.05) is 12.1 Å². The van der Waals surface area contributed by atoms with E-state index in [4.69, 9.17) is 5.73 Å². The van der Waals surface area contributed by atoms with Gasteiger partial charge in [0.05, 0.1) is 0 Å². The van der Waals surface area contributed by atoms with Gasteiger partial charge in [0.2, 0.25) is 11.8 Å². The second kappa shape index (κ2) is 5.08. The molecule has 1 aromatic rings. The fourth-order valence-corrected chi connectivity index (χ4v) is 2.22. The van der Waals surface area contributed by atoms with Gasteiger partial charge in [0.15, 0.2) is 0 Å². The van der Waals surface area contributed by atoms with Crippen molar-refractivity contribution in [2.45, 2.75) is 25.3 Å². The molecule has 2 rings (SSSR count). The summed E-state index contributed by atoms with van der Waals surface area (Å²) in [6, 6.07) is 5.97. The zero-order valence-corrected chi connectivity index (χ0v) is 10.0. The van der Waals surface area contributed by atoms with Crippen molar-refractivity contribution >= 4 is 11.8 Å². The highest BCUT2D eigenvalue weighted by atomic mass is 16.3. The summed E-state index contributed by atoms with van der Waals surface area (Å²) >= 11 is 0. The molecule has 5 heteroatoms. The summed E-state index contributed by atoms with van der Waals surface area (Å²) in [7, 11) is 0. The maximum atomic E-state index is 11.6. The minimum Gasteiger partial charge on any atom is -0.508 e. The fraction of sp³-hybridized carbons (Fsp3) is 0.385. The Hall–Kier alpha value is -2.04. The van der Waals surface area contributed by atoms with Crippen LogP contribution in [0.15, 0.2) is 24.3 Å². The van der Waals surface area contributed by atoms with Crippen LogP contribution >= 0.6 is 0 Å². The largest absolute Gasteiger partial charge is 0.508 e. The van der Waals surface area contributed by atoms with Crippen LogP contribution < -0.4 is 5.73 Å². The lowest BCUT2D eigenvalue weighted by Crippen LogP contribution is -2.46. The summed E-state index contributed by atoms with van der Waals surface area (Å²) in [6.45, 7) is 0.588. The number of benzene rings is 1. The number of hydrogen-bond acceptors (Lipinski definition) is 3. The number of nitrogens with two attached hydrogens (primary N) is 1. The van der Waals surface area contributed by atoms with E-state index in [2.05, 4.69) is 0 Å². The lowest BCUT2D eigenvalue weighted by Gasteiger charge is -2.25. The first kappa shape index (κ1) is 12.4. The van der Waals surface area contributed by atoms with Crippen LogP contribution in [0.5, 0.6) is 5.75 Å². The molecule has 1 atom stereocenters. The van der Waals surface area contributed by atoms with Crippen LogP contribution in [0.4, 0.5) is 0 Å². The van der Waals surface area contributed by atoms with Gasteiger partial charge >= 0.3 is 0 Å². The van der Waals surface area contributed by atoms with Gasteiger partial charge in [-0.15, -0.1) is 0 Å². The molecule has 0 saturated carbocycles. The van der Waals surface area contributed by atoms with Crippen molar-refractivity contribution in [1.29, 1.82) is 0 Å². The van der Waals surface area contributed by atoms with Gasteiger partial charge in [-0.3, -0.25) is 9.59 Å². The highest BCUT2D eigenvalue weighted by Crippen LogP contribution is 2.18. The number of carbonyl (C=O) groups is 2. The minimum atomic E-state index is -0.593. The predicted molar refractivity (Wildman–Crippen MR) is 65.7 cm³/mol. The lowest BCUT2D eigenvalue weighted by molar-refractivity contribution is -0.136. The van der Waals surface area contributed by atoms with Gasteiger partial charge in [-0.25, -0.2) is 0 Å². The Bertz CT molecular complexity index is 456. The Kier molecular flexibility index (Phi) is 3.50. The Labute approximate surface area is 105 Å². The maximum absolute atomic E-state index is 11.6. The standard InChI is InChI=1S/C13H16N2O3/c14-13(18)11(15-7-1-2-12(15)17)8-9-3-5-10(16)6-4-9/h3-6,11,16H,1-2,7-8H2,(H2,14,18). The van der Waals surface area contributed by atoms with Crippen molar-refractivity contribution in [2.24, 2.45) is 5.73 Å². The third-order valence-electron chi connectivity index (χ3n) is 3.18. The summed E-state index contributed by atoms with van der Waals surface area (Å²) in [5.41, 5.74) is 6.25. The van der Waals surface area contributed by atoms with E-state index < -0.39 is 11.9 Å². The number of nitrogens with zero attached hydrogens (tertiary/aromatic N) is 1. The zero-order valence-electron chi connectivity index (χ0n) is 10.0. The number of primary amides is 1. The molecule has 0 bridgehead atoms. The Morgan fingerprint density at radius 2 is 2.06 bits per heavy atom. The van der Waals surface area contributed by atoms with Gasteiger partial charge in [0, 0.05) is 19.4 Å². The number of carbonyl (C=O) groups excluding carboxylic acids is 2. The molecule has 0 aliphatic carbocycles. The van der Waals surface area contributed by atoms with Crippen LogP contribution in [0.3, 0.4) is 0 Å². The van der Waals surface area contributed by atoms with E-state index in [1.54, 1.807) is 29.2 Å². The molecule has 2 amide bonds. The van der Waals surface area contributed by atoms with E-state index in [0.29, 0.717) is 19.4 Å². The molecule has 0 radical (unpaired) electrons. The Balaban J connectivity index is 2.13. The van der Waals surface area contributed by atoms with Crippen LogP contribution in [0.25, 0.3) is 0 Å². The van der Waals surface area contributed by atoms with E-state index in [9.17, 15) is 14.7 Å². The van der Waals surface area contributed by atoms with Crippen LogP contribution in [-0.4, -0.2) is 34.4 Å². The van der Waals surface area contributed by atoms with Gasteiger partial charge in [-0.2, -0.15) is 0 Å². The molecular formula is C13H16N2O3. The maximum Gasteiger partial charge on any atom is 0.240 e. The van der Waals surface area contributed by atoms with E-state index in [0.717, 1.165) is 12.0 Å². The molecule has 1 fully saturated rings. The van der Waals surface area contributed by atoms with Crippen molar-refractivity contribution in [3.05, 3.63) is 29.8 Å². The second-order valence-electron chi connectivity index (χ2n) is 4.48. The Morgan fingerprint density at radius 1 is 1.39 bits per heavy atom. The lowest BCUT2D eigenvalue weighted by atomic mass is 10.0. The van der Waals surface area contributed by atoms with Gasteiger partial charge in [0.1, 0.15) is 11.8 Å². The zero-order chi connectivity index (χ0) is 13.1. The molecule has 1 saturated heterocycles. The Morgan fingerprint density at radius 3 is 2.56 bits per heavy atom. The molecule has 5 nitrogen and oxygen atoms in total. The number of amides is 2. The van der Waals surface area contributed by atoms with Crippen molar-refractivity contribution < 1.29 is 14.7 Å². The smallest absolute Gasteiger partial charge is 0.240 e. The normalized spacial score (nSPS) is 16.9. The summed E-state index contributed by atoms with van der Waals surface area (Å²) < 4.78 is 0. The van der Waals surface area contributed by atoms with E-state index in [-0.39, 0.29) is 11.7 Å². The molecule has 1 heterocycles. The molecule has 1 aliphatic heterocycles. The molecule has 3 N–H and O–H groups in total. The third-order valence-corrected chi connectivity index (χ3v) is 3.18. The molecule has 0 spiro atoms. The van der Waals surface area contributed by atoms with Crippen molar-refractivity contribution in [1.82, 2.24) is 4.90 Å². The molecule has 1 aromatic carbocycles.